The number of aromatic nitrogens is 3. The van der Waals surface area contributed by atoms with Gasteiger partial charge >= 0.3 is 5.69 Å². The van der Waals surface area contributed by atoms with E-state index in [1.165, 1.54) is 6.21 Å². The van der Waals surface area contributed by atoms with Crippen molar-refractivity contribution in [3.8, 4) is 5.75 Å². The maximum atomic E-state index is 11.0. The zero-order chi connectivity index (χ0) is 13.0. The number of nitrogens with zero attached hydrogens (tertiary/aromatic N) is 3. The van der Waals surface area contributed by atoms with Gasteiger partial charge in [0.25, 0.3) is 0 Å². The van der Waals surface area contributed by atoms with Gasteiger partial charge in [0.15, 0.2) is 5.82 Å². The quantitative estimate of drug-likeness (QED) is 0.543. The lowest BCUT2D eigenvalue weighted by Crippen LogP contribution is -2.15. The molecule has 0 fully saturated rings. The van der Waals surface area contributed by atoms with Gasteiger partial charge < -0.3 is 5.11 Å². The molecule has 3 N–H and O–H groups in total. The van der Waals surface area contributed by atoms with Crippen LogP contribution in [0.25, 0.3) is 0 Å². The highest BCUT2D eigenvalue weighted by molar-refractivity contribution is 5.80. The molecule has 0 aliphatic heterocycles. The molecule has 0 saturated heterocycles. The number of H-pyrrole nitrogens is 1. The van der Waals surface area contributed by atoms with Crippen molar-refractivity contribution in [1.29, 1.82) is 0 Å². The number of benzene rings is 1. The van der Waals surface area contributed by atoms with Crippen molar-refractivity contribution >= 4 is 12.0 Å². The summed E-state index contributed by atoms with van der Waals surface area (Å²) in [6.45, 7) is 1.69. The number of hydrazone groups is 1. The van der Waals surface area contributed by atoms with E-state index >= 15 is 0 Å². The van der Waals surface area contributed by atoms with Crippen molar-refractivity contribution in [2.75, 3.05) is 5.43 Å². The Kier molecular flexibility index (Phi) is 3.33. The molecule has 2 aromatic rings. The molecule has 1 aromatic heterocycles. The molecule has 1 heterocycles. The van der Waals surface area contributed by atoms with E-state index in [1.807, 2.05) is 0 Å². The Labute approximate surface area is 102 Å². The Morgan fingerprint density at radius 3 is 3.11 bits per heavy atom. The highest BCUT2D eigenvalue weighted by Gasteiger charge is 1.99. The number of rotatable bonds is 3. The Hall–Kier alpha value is -2.70. The van der Waals surface area contributed by atoms with E-state index in [1.54, 1.807) is 31.2 Å². The Bertz CT molecular complexity index is 635. The topological polar surface area (TPSA) is 103 Å². The third-order valence-electron chi connectivity index (χ3n) is 2.13. The van der Waals surface area contributed by atoms with Crippen LogP contribution < -0.4 is 11.1 Å². The van der Waals surface area contributed by atoms with Gasteiger partial charge in [-0.05, 0) is 24.6 Å². The van der Waals surface area contributed by atoms with Crippen molar-refractivity contribution in [1.82, 2.24) is 15.2 Å². The average molecular weight is 245 g/mol. The second kappa shape index (κ2) is 5.09. The minimum atomic E-state index is -0.546. The van der Waals surface area contributed by atoms with E-state index in [9.17, 15) is 9.90 Å². The SMILES string of the molecule is Cc1n[nH]c(=O)nc1NN=Cc1cccc(O)c1. The van der Waals surface area contributed by atoms with Crippen molar-refractivity contribution < 1.29 is 5.11 Å². The van der Waals surface area contributed by atoms with E-state index < -0.39 is 5.69 Å². The van der Waals surface area contributed by atoms with Crippen molar-refractivity contribution in [3.63, 3.8) is 0 Å². The fourth-order valence-electron chi connectivity index (χ4n) is 1.27. The third kappa shape index (κ3) is 2.91. The predicted octanol–water partition coefficient (Wildman–Crippen LogP) is 0.625. The van der Waals surface area contributed by atoms with Crippen LogP contribution in [0.3, 0.4) is 0 Å². The molecule has 7 heteroatoms. The summed E-state index contributed by atoms with van der Waals surface area (Å²) in [4.78, 5) is 14.6. The molecule has 0 unspecified atom stereocenters. The van der Waals surface area contributed by atoms with Gasteiger partial charge in [-0.15, -0.1) is 0 Å². The monoisotopic (exact) mass is 245 g/mol. The summed E-state index contributed by atoms with van der Waals surface area (Å²) < 4.78 is 0. The van der Waals surface area contributed by atoms with Crippen LogP contribution in [0.2, 0.25) is 0 Å². The van der Waals surface area contributed by atoms with Crippen LogP contribution in [0, 0.1) is 6.92 Å². The molecule has 0 aliphatic carbocycles. The number of phenols is 1. The second-order valence-corrected chi connectivity index (χ2v) is 3.54. The molecule has 0 saturated carbocycles. The number of hydrogen-bond acceptors (Lipinski definition) is 6. The maximum Gasteiger partial charge on any atom is 0.363 e. The van der Waals surface area contributed by atoms with Crippen molar-refractivity contribution in [2.24, 2.45) is 5.10 Å². The first kappa shape index (κ1) is 11.8. The van der Waals surface area contributed by atoms with Crippen molar-refractivity contribution in [3.05, 3.63) is 46.0 Å². The van der Waals surface area contributed by atoms with Crippen molar-refractivity contribution in [2.45, 2.75) is 6.92 Å². The zero-order valence-electron chi connectivity index (χ0n) is 9.58. The minimum absolute atomic E-state index is 0.158. The first-order valence-electron chi connectivity index (χ1n) is 5.16. The number of phenolic OH excluding ortho intramolecular Hbond substituents is 1. The van der Waals surface area contributed by atoms with Gasteiger partial charge in [-0.1, -0.05) is 12.1 Å². The van der Waals surface area contributed by atoms with Gasteiger partial charge in [0, 0.05) is 0 Å². The van der Waals surface area contributed by atoms with Gasteiger partial charge in [0.05, 0.1) is 6.21 Å². The van der Waals surface area contributed by atoms with Crippen LogP contribution in [0.15, 0.2) is 34.2 Å². The number of hydrogen-bond donors (Lipinski definition) is 3. The molecule has 0 radical (unpaired) electrons. The maximum absolute atomic E-state index is 11.0. The molecule has 1 aromatic carbocycles. The molecular weight excluding hydrogens is 234 g/mol. The number of nitrogens with one attached hydrogen (secondary N) is 2. The standard InChI is InChI=1S/C11H11N5O2/c1-7-10(13-11(18)16-14-7)15-12-6-8-3-2-4-9(17)5-8/h2-6,17H,1H3,(H2,13,15,16,18). The fourth-order valence-corrected chi connectivity index (χ4v) is 1.27. The van der Waals surface area contributed by atoms with Crippen LogP contribution in [0.5, 0.6) is 5.75 Å². The third-order valence-corrected chi connectivity index (χ3v) is 2.13. The molecule has 2 rings (SSSR count). The summed E-state index contributed by atoms with van der Waals surface area (Å²) in [7, 11) is 0. The molecular formula is C11H11N5O2. The van der Waals surface area contributed by atoms with Crippen LogP contribution in [0.4, 0.5) is 5.82 Å². The number of aryl methyl sites for hydroxylation is 1. The highest BCUT2D eigenvalue weighted by atomic mass is 16.3. The van der Waals surface area contributed by atoms with Gasteiger partial charge in [0.1, 0.15) is 11.4 Å². The highest BCUT2D eigenvalue weighted by Crippen LogP contribution is 2.09. The molecule has 0 bridgehead atoms. The van der Waals surface area contributed by atoms with Crippen LogP contribution in [-0.2, 0) is 0 Å². The van der Waals surface area contributed by atoms with Crippen LogP contribution in [-0.4, -0.2) is 26.5 Å². The first-order chi connectivity index (χ1) is 8.65. The Morgan fingerprint density at radius 1 is 1.50 bits per heavy atom. The molecule has 7 nitrogen and oxygen atoms in total. The average Bonchev–Trinajstić information content (AvgIpc) is 2.34. The lowest BCUT2D eigenvalue weighted by atomic mass is 10.2. The van der Waals surface area contributed by atoms with Gasteiger partial charge in [-0.3, -0.25) is 5.43 Å². The summed E-state index contributed by atoms with van der Waals surface area (Å²) in [5.74, 6) is 0.446. The molecule has 0 amide bonds. The number of aromatic hydroxyl groups is 1. The van der Waals surface area contributed by atoms with E-state index in [4.69, 9.17) is 0 Å². The van der Waals surface area contributed by atoms with Crippen LogP contribution in [0.1, 0.15) is 11.3 Å². The summed E-state index contributed by atoms with van der Waals surface area (Å²) in [6.07, 6.45) is 1.50. The smallest absolute Gasteiger partial charge is 0.363 e. The van der Waals surface area contributed by atoms with E-state index in [0.29, 0.717) is 5.69 Å². The zero-order valence-corrected chi connectivity index (χ0v) is 9.58. The lowest BCUT2D eigenvalue weighted by Gasteiger charge is -2.00. The first-order valence-corrected chi connectivity index (χ1v) is 5.16. The predicted molar refractivity (Wildman–Crippen MR) is 66.7 cm³/mol. The second-order valence-electron chi connectivity index (χ2n) is 3.54. The lowest BCUT2D eigenvalue weighted by molar-refractivity contribution is 0.475. The van der Waals surface area contributed by atoms with E-state index in [-0.39, 0.29) is 11.6 Å². The summed E-state index contributed by atoms with van der Waals surface area (Å²) >= 11 is 0. The molecule has 0 atom stereocenters. The van der Waals surface area contributed by atoms with Gasteiger partial charge in [-0.25, -0.2) is 9.89 Å². The number of anilines is 1. The van der Waals surface area contributed by atoms with Gasteiger partial charge in [0.2, 0.25) is 0 Å². The van der Waals surface area contributed by atoms with Gasteiger partial charge in [-0.2, -0.15) is 15.2 Å². The number of aromatic amines is 1. The van der Waals surface area contributed by atoms with E-state index in [0.717, 1.165) is 5.56 Å². The summed E-state index contributed by atoms with van der Waals surface area (Å²) in [5, 5.41) is 19.1. The fraction of sp³-hybridized carbons (Fsp3) is 0.0909. The molecule has 0 spiro atoms. The molecule has 0 aliphatic rings. The van der Waals surface area contributed by atoms with E-state index in [2.05, 4.69) is 25.7 Å². The normalized spacial score (nSPS) is 10.7. The molecule has 92 valence electrons. The largest absolute Gasteiger partial charge is 0.508 e. The Balaban J connectivity index is 2.12. The minimum Gasteiger partial charge on any atom is -0.508 e. The van der Waals surface area contributed by atoms with Crippen LogP contribution >= 0.6 is 0 Å². The molecule has 18 heavy (non-hydrogen) atoms. The Morgan fingerprint density at radius 2 is 2.33 bits per heavy atom. The summed E-state index contributed by atoms with van der Waals surface area (Å²) in [5.41, 5.74) is 3.32. The summed E-state index contributed by atoms with van der Waals surface area (Å²) in [6, 6.07) is 6.61.